The van der Waals surface area contributed by atoms with Gasteiger partial charge in [-0.1, -0.05) is 29.8 Å². The third-order valence-electron chi connectivity index (χ3n) is 5.29. The van der Waals surface area contributed by atoms with Crippen LogP contribution in [0.4, 0.5) is 5.69 Å². The zero-order valence-corrected chi connectivity index (χ0v) is 16.4. The molecule has 146 valence electrons. The van der Waals surface area contributed by atoms with Crippen molar-refractivity contribution in [2.75, 3.05) is 25.0 Å². The first-order valence-electron chi connectivity index (χ1n) is 9.69. The van der Waals surface area contributed by atoms with E-state index in [0.29, 0.717) is 17.9 Å². The molecule has 0 amide bonds. The maximum absolute atomic E-state index is 12.7. The van der Waals surface area contributed by atoms with Gasteiger partial charge in [0, 0.05) is 0 Å². The van der Waals surface area contributed by atoms with Crippen LogP contribution in [0.15, 0.2) is 64.1 Å². The number of halogens is 1. The van der Waals surface area contributed by atoms with Crippen molar-refractivity contribution in [3.8, 4) is 5.69 Å². The summed E-state index contributed by atoms with van der Waals surface area (Å²) in [6, 6.07) is 13.4. The van der Waals surface area contributed by atoms with Crippen molar-refractivity contribution >= 4 is 17.3 Å². The highest BCUT2D eigenvalue weighted by Crippen LogP contribution is 2.19. The summed E-state index contributed by atoms with van der Waals surface area (Å²) in [6.07, 6.45) is 7.06. The number of hydrogen-bond acceptors (Lipinski definition) is 4. The van der Waals surface area contributed by atoms with E-state index in [4.69, 9.17) is 16.0 Å². The maximum Gasteiger partial charge on any atom is 0.292 e. The predicted octanol–water partition coefficient (Wildman–Crippen LogP) is 2.70. The van der Waals surface area contributed by atoms with Crippen LogP contribution in [0, 0.1) is 0 Å². The zero-order valence-electron chi connectivity index (χ0n) is 15.6. The molecule has 7 heteroatoms. The van der Waals surface area contributed by atoms with Gasteiger partial charge in [0.25, 0.3) is 5.56 Å². The molecule has 4 rings (SSSR count). The van der Waals surface area contributed by atoms with E-state index >= 15 is 0 Å². The number of nitrogens with zero attached hydrogens (tertiary/aromatic N) is 2. The van der Waals surface area contributed by atoms with Gasteiger partial charge in [0.05, 0.1) is 43.5 Å². The van der Waals surface area contributed by atoms with Gasteiger partial charge in [0.15, 0.2) is 11.8 Å². The van der Waals surface area contributed by atoms with Crippen molar-refractivity contribution in [3.05, 3.63) is 76.1 Å². The third kappa shape index (κ3) is 3.98. The Kier molecular flexibility index (Phi) is 5.78. The molecule has 6 nitrogen and oxygen atoms in total. The number of rotatable bonds is 6. The summed E-state index contributed by atoms with van der Waals surface area (Å²) in [4.78, 5) is 14.2. The second-order valence-electron chi connectivity index (χ2n) is 7.09. The zero-order chi connectivity index (χ0) is 19.3. The average molecular weight is 400 g/mol. The number of benzene rings is 1. The van der Waals surface area contributed by atoms with Gasteiger partial charge in [-0.05, 0) is 43.5 Å². The molecule has 0 spiro atoms. The minimum Gasteiger partial charge on any atom is -0.463 e. The van der Waals surface area contributed by atoms with E-state index in [1.165, 1.54) is 28.8 Å². The number of nitrogens with one attached hydrogen (secondary N) is 2. The van der Waals surface area contributed by atoms with Crippen molar-refractivity contribution in [2.24, 2.45) is 0 Å². The Morgan fingerprint density at radius 2 is 1.93 bits per heavy atom. The number of furan rings is 1. The van der Waals surface area contributed by atoms with Crippen molar-refractivity contribution < 1.29 is 9.32 Å². The Morgan fingerprint density at radius 1 is 1.14 bits per heavy atom. The second-order valence-corrected chi connectivity index (χ2v) is 7.47. The molecular weight excluding hydrogens is 376 g/mol. The monoisotopic (exact) mass is 399 g/mol. The summed E-state index contributed by atoms with van der Waals surface area (Å²) in [5.41, 5.74) is 0.900. The quantitative estimate of drug-likeness (QED) is 0.669. The Labute approximate surface area is 168 Å². The topological polar surface area (TPSA) is 64.5 Å². The normalized spacial score (nSPS) is 16.0. The first-order valence-corrected chi connectivity index (χ1v) is 10.1. The average Bonchev–Trinajstić information content (AvgIpc) is 3.27. The highest BCUT2D eigenvalue weighted by atomic mass is 35.5. The molecule has 28 heavy (non-hydrogen) atoms. The Hall–Kier alpha value is -2.57. The molecule has 2 N–H and O–H groups in total. The highest BCUT2D eigenvalue weighted by Gasteiger charge is 2.28. The fraction of sp³-hybridized carbons (Fsp3) is 0.333. The molecule has 0 radical (unpaired) electrons. The largest absolute Gasteiger partial charge is 0.463 e. The van der Waals surface area contributed by atoms with E-state index in [2.05, 4.69) is 10.4 Å². The summed E-state index contributed by atoms with van der Waals surface area (Å²) in [5, 5.41) is 7.76. The smallest absolute Gasteiger partial charge is 0.292 e. The van der Waals surface area contributed by atoms with Crippen LogP contribution in [0.5, 0.6) is 0 Å². The number of piperidine rings is 1. The van der Waals surface area contributed by atoms with Crippen LogP contribution in [0.25, 0.3) is 5.69 Å². The summed E-state index contributed by atoms with van der Waals surface area (Å²) >= 11 is 6.38. The summed E-state index contributed by atoms with van der Waals surface area (Å²) < 4.78 is 7.01. The van der Waals surface area contributed by atoms with Gasteiger partial charge in [0.2, 0.25) is 0 Å². The lowest BCUT2D eigenvalue weighted by Crippen LogP contribution is -3.13. The second kappa shape index (κ2) is 8.63. The van der Waals surface area contributed by atoms with Gasteiger partial charge in [-0.25, -0.2) is 0 Å². The molecule has 2 aromatic heterocycles. The van der Waals surface area contributed by atoms with Crippen LogP contribution >= 0.6 is 11.6 Å². The van der Waals surface area contributed by atoms with E-state index in [1.807, 2.05) is 42.5 Å². The van der Waals surface area contributed by atoms with Crippen LogP contribution in [0.3, 0.4) is 0 Å². The number of para-hydroxylation sites is 1. The van der Waals surface area contributed by atoms with Gasteiger partial charge in [-0.2, -0.15) is 9.78 Å². The molecule has 1 aromatic carbocycles. The summed E-state index contributed by atoms with van der Waals surface area (Å²) in [7, 11) is 0. The molecule has 0 saturated carbocycles. The van der Waals surface area contributed by atoms with Crippen LogP contribution < -0.4 is 15.8 Å². The van der Waals surface area contributed by atoms with Crippen LogP contribution in [0.2, 0.25) is 5.02 Å². The van der Waals surface area contributed by atoms with Crippen LogP contribution in [-0.2, 0) is 0 Å². The van der Waals surface area contributed by atoms with E-state index in [-0.39, 0.29) is 16.6 Å². The molecule has 1 atom stereocenters. The molecule has 1 saturated heterocycles. The molecular formula is C21H24ClN4O2+. The molecule has 1 aliphatic rings. The molecule has 0 unspecified atom stereocenters. The number of anilines is 1. The first kappa shape index (κ1) is 18.8. The number of aromatic nitrogens is 2. The number of quaternary nitrogens is 1. The van der Waals surface area contributed by atoms with E-state index in [1.54, 1.807) is 12.5 Å². The molecule has 3 aromatic rings. The Balaban J connectivity index is 1.54. The molecule has 0 bridgehead atoms. The van der Waals surface area contributed by atoms with Gasteiger partial charge in [-0.15, -0.1) is 0 Å². The van der Waals surface area contributed by atoms with Crippen molar-refractivity contribution in [1.29, 1.82) is 0 Å². The molecule has 3 heterocycles. The highest BCUT2D eigenvalue weighted by molar-refractivity contribution is 6.32. The van der Waals surface area contributed by atoms with E-state index < -0.39 is 0 Å². The minimum atomic E-state index is -0.335. The van der Waals surface area contributed by atoms with Crippen molar-refractivity contribution in [3.63, 3.8) is 0 Å². The standard InChI is InChI=1S/C21H23ClN4O2/c22-20-17(14-24-26(21(20)27)16-8-3-1-4-9-16)23-15-18(19-10-7-13-28-19)25-11-5-2-6-12-25/h1,3-4,7-10,13-14,18,23H,2,5-6,11-12,15H2/p+1/t18-/m0/s1. The van der Waals surface area contributed by atoms with E-state index in [0.717, 1.165) is 18.8 Å². The van der Waals surface area contributed by atoms with Crippen molar-refractivity contribution in [2.45, 2.75) is 25.3 Å². The lowest BCUT2D eigenvalue weighted by atomic mass is 10.1. The van der Waals surface area contributed by atoms with Gasteiger partial charge in [0.1, 0.15) is 5.02 Å². The van der Waals surface area contributed by atoms with Gasteiger partial charge >= 0.3 is 0 Å². The van der Waals surface area contributed by atoms with Crippen LogP contribution in [-0.4, -0.2) is 29.4 Å². The van der Waals surface area contributed by atoms with Crippen LogP contribution in [0.1, 0.15) is 31.1 Å². The number of hydrogen-bond donors (Lipinski definition) is 2. The Morgan fingerprint density at radius 3 is 2.64 bits per heavy atom. The Bertz CT molecular complexity index is 950. The molecule has 0 aliphatic carbocycles. The summed E-state index contributed by atoms with van der Waals surface area (Å²) in [5.74, 6) is 0.950. The first-order chi connectivity index (χ1) is 13.7. The lowest BCUT2D eigenvalue weighted by Gasteiger charge is -2.30. The SMILES string of the molecule is O=c1c(Cl)c(NC[C@@H](c2ccco2)[NH+]2CCCCC2)cnn1-c1ccccc1. The maximum atomic E-state index is 12.7. The predicted molar refractivity (Wildman–Crippen MR) is 109 cm³/mol. The third-order valence-corrected chi connectivity index (χ3v) is 5.66. The molecule has 1 fully saturated rings. The summed E-state index contributed by atoms with van der Waals surface area (Å²) in [6.45, 7) is 2.86. The minimum absolute atomic E-state index is 0.144. The van der Waals surface area contributed by atoms with Gasteiger partial charge < -0.3 is 14.6 Å². The fourth-order valence-electron chi connectivity index (χ4n) is 3.81. The lowest BCUT2D eigenvalue weighted by molar-refractivity contribution is -0.935. The molecule has 1 aliphatic heterocycles. The van der Waals surface area contributed by atoms with Crippen molar-refractivity contribution in [1.82, 2.24) is 9.78 Å². The fourth-order valence-corrected chi connectivity index (χ4v) is 4.01. The van der Waals surface area contributed by atoms with Gasteiger partial charge in [-0.3, -0.25) is 4.79 Å². The number of likely N-dealkylation sites (tertiary alicyclic amines) is 1. The van der Waals surface area contributed by atoms with E-state index in [9.17, 15) is 4.79 Å².